The second-order valence-electron chi connectivity index (χ2n) is 10.1. The molecule has 3 aromatic carbocycles. The van der Waals surface area contributed by atoms with E-state index in [1.165, 1.54) is 33.9 Å². The Labute approximate surface area is 252 Å². The van der Waals surface area contributed by atoms with Crippen molar-refractivity contribution in [1.82, 2.24) is 19.2 Å². The third-order valence-electron chi connectivity index (χ3n) is 7.66. The van der Waals surface area contributed by atoms with Crippen LogP contribution >= 0.6 is 0 Å². The molecule has 224 valence electrons. The molecule has 1 saturated heterocycles. The van der Waals surface area contributed by atoms with E-state index in [9.17, 15) is 18.5 Å². The number of piperazine rings is 1. The van der Waals surface area contributed by atoms with Gasteiger partial charge in [0, 0.05) is 45.0 Å². The van der Waals surface area contributed by atoms with E-state index in [0.717, 1.165) is 0 Å². The van der Waals surface area contributed by atoms with Gasteiger partial charge in [0.15, 0.2) is 0 Å². The summed E-state index contributed by atoms with van der Waals surface area (Å²) in [4.78, 5) is 24.8. The summed E-state index contributed by atoms with van der Waals surface area (Å²) in [5.41, 5.74) is 2.64. The van der Waals surface area contributed by atoms with Crippen LogP contribution in [0.4, 0.5) is 23.0 Å². The van der Waals surface area contributed by atoms with Crippen LogP contribution in [0.5, 0.6) is 0 Å². The predicted molar refractivity (Wildman–Crippen MR) is 167 cm³/mol. The molecule has 0 radical (unpaired) electrons. The molecule has 0 saturated carbocycles. The number of sulfonamides is 1. The van der Waals surface area contributed by atoms with Crippen molar-refractivity contribution in [1.29, 1.82) is 0 Å². The molecule has 1 aromatic heterocycles. The van der Waals surface area contributed by atoms with Gasteiger partial charge in [0.2, 0.25) is 21.7 Å². The number of hydrogen-bond donors (Lipinski definition) is 1. The van der Waals surface area contributed by atoms with Crippen LogP contribution in [0, 0.1) is 10.1 Å². The monoisotopic (exact) mass is 601 g/mol. The van der Waals surface area contributed by atoms with Crippen molar-refractivity contribution < 1.29 is 13.3 Å². The van der Waals surface area contributed by atoms with Gasteiger partial charge in [-0.2, -0.15) is 4.31 Å². The first-order valence-corrected chi connectivity index (χ1v) is 15.7. The van der Waals surface area contributed by atoms with Gasteiger partial charge in [-0.15, -0.1) is 0 Å². The van der Waals surface area contributed by atoms with Crippen molar-refractivity contribution in [2.24, 2.45) is 0 Å². The second kappa shape index (κ2) is 13.3. The van der Waals surface area contributed by atoms with Gasteiger partial charge in [0.05, 0.1) is 15.9 Å². The molecule has 0 amide bonds. The van der Waals surface area contributed by atoms with Crippen molar-refractivity contribution in [3.8, 4) is 0 Å². The third-order valence-corrected chi connectivity index (χ3v) is 9.72. The number of hydrogen-bond acceptors (Lipinski definition) is 9. The van der Waals surface area contributed by atoms with Crippen LogP contribution in [0.25, 0.3) is 0 Å². The molecule has 0 atom stereocenters. The summed E-state index contributed by atoms with van der Waals surface area (Å²) >= 11 is 0. The Morgan fingerprint density at radius 3 is 1.93 bits per heavy atom. The summed E-state index contributed by atoms with van der Waals surface area (Å²) in [5, 5.41) is 15.3. The minimum atomic E-state index is -3.62. The Balaban J connectivity index is 1.35. The molecule has 0 unspecified atom stereocenters. The van der Waals surface area contributed by atoms with Crippen LogP contribution in [0.15, 0.2) is 96.2 Å². The number of nitrogens with zero attached hydrogens (tertiary/aromatic N) is 6. The van der Waals surface area contributed by atoms with Crippen molar-refractivity contribution in [3.05, 3.63) is 112 Å². The molecule has 4 aromatic rings. The molecule has 0 aliphatic carbocycles. The molecule has 43 heavy (non-hydrogen) atoms. The second-order valence-corrected chi connectivity index (χ2v) is 12.1. The summed E-state index contributed by atoms with van der Waals surface area (Å²) < 4.78 is 27.1. The molecule has 11 nitrogen and oxygen atoms in total. The van der Waals surface area contributed by atoms with E-state index >= 15 is 0 Å². The fraction of sp³-hybridized carbons (Fsp3) is 0.290. The standard InChI is InChI=1S/C31H35N7O4S/c1-3-37(4-2)43(41,42)27-17-15-26(16-18-27)34-30-29(38(39)40)31(33-23-32-30)36-21-19-35(20-22-36)28(24-11-7-5-8-12-24)25-13-9-6-10-14-25/h5-18,23,28H,3-4,19-22H2,1-2H3,(H,32,33,34). The van der Waals surface area contributed by atoms with Crippen LogP contribution < -0.4 is 10.2 Å². The molecular weight excluding hydrogens is 566 g/mol. The van der Waals surface area contributed by atoms with Gasteiger partial charge >= 0.3 is 5.69 Å². The average Bonchev–Trinajstić information content (AvgIpc) is 3.03. The zero-order valence-corrected chi connectivity index (χ0v) is 25.0. The van der Waals surface area contributed by atoms with E-state index in [-0.39, 0.29) is 28.3 Å². The highest BCUT2D eigenvalue weighted by Crippen LogP contribution is 2.36. The highest BCUT2D eigenvalue weighted by Gasteiger charge is 2.32. The van der Waals surface area contributed by atoms with Crippen molar-refractivity contribution >= 4 is 33.0 Å². The molecule has 1 fully saturated rings. The number of aromatic nitrogens is 2. The SMILES string of the molecule is CCN(CC)S(=O)(=O)c1ccc(Nc2ncnc(N3CCN(C(c4ccccc4)c4ccccc4)CC3)c2[N+](=O)[O-])cc1. The normalized spacial score (nSPS) is 14.3. The smallest absolute Gasteiger partial charge is 0.348 e. The molecule has 1 aliphatic heterocycles. The van der Waals surface area contributed by atoms with Crippen LogP contribution in [-0.4, -0.2) is 71.8 Å². The quantitative estimate of drug-likeness (QED) is 0.185. The summed E-state index contributed by atoms with van der Waals surface area (Å²) in [5.74, 6) is 0.294. The van der Waals surface area contributed by atoms with E-state index in [1.807, 2.05) is 41.3 Å². The van der Waals surface area contributed by atoms with Gasteiger partial charge in [-0.05, 0) is 35.4 Å². The van der Waals surface area contributed by atoms with Crippen molar-refractivity contribution in [2.75, 3.05) is 49.5 Å². The van der Waals surface area contributed by atoms with Crippen LogP contribution in [-0.2, 0) is 10.0 Å². The molecule has 12 heteroatoms. The summed E-state index contributed by atoms with van der Waals surface area (Å²) in [6, 6.07) is 26.9. The highest BCUT2D eigenvalue weighted by molar-refractivity contribution is 7.89. The minimum Gasteiger partial charge on any atom is -0.348 e. The predicted octanol–water partition coefficient (Wildman–Crippen LogP) is 5.07. The zero-order valence-electron chi connectivity index (χ0n) is 24.2. The van der Waals surface area contributed by atoms with E-state index in [2.05, 4.69) is 44.5 Å². The van der Waals surface area contributed by atoms with E-state index in [0.29, 0.717) is 45.0 Å². The maximum atomic E-state index is 12.8. The molecule has 5 rings (SSSR count). The van der Waals surface area contributed by atoms with Gasteiger partial charge in [-0.1, -0.05) is 74.5 Å². The first kappa shape index (κ1) is 30.1. The lowest BCUT2D eigenvalue weighted by atomic mass is 9.96. The van der Waals surface area contributed by atoms with Crippen LogP contribution in [0.3, 0.4) is 0 Å². The van der Waals surface area contributed by atoms with Crippen molar-refractivity contribution in [2.45, 2.75) is 24.8 Å². The van der Waals surface area contributed by atoms with Gasteiger partial charge in [0.1, 0.15) is 6.33 Å². The first-order valence-electron chi connectivity index (χ1n) is 14.3. The van der Waals surface area contributed by atoms with Gasteiger partial charge in [-0.25, -0.2) is 18.4 Å². The average molecular weight is 602 g/mol. The highest BCUT2D eigenvalue weighted by atomic mass is 32.2. The lowest BCUT2D eigenvalue weighted by Crippen LogP contribution is -2.48. The summed E-state index contributed by atoms with van der Waals surface area (Å²) in [7, 11) is -3.62. The largest absolute Gasteiger partial charge is 0.353 e. The molecular formula is C31H35N7O4S. The maximum absolute atomic E-state index is 12.8. The van der Waals surface area contributed by atoms with Gasteiger partial charge < -0.3 is 10.2 Å². The van der Waals surface area contributed by atoms with E-state index < -0.39 is 14.9 Å². The van der Waals surface area contributed by atoms with Crippen LogP contribution in [0.1, 0.15) is 31.0 Å². The molecule has 1 N–H and O–H groups in total. The summed E-state index contributed by atoms with van der Waals surface area (Å²) in [6.07, 6.45) is 1.31. The molecule has 2 heterocycles. The first-order chi connectivity index (χ1) is 20.8. The van der Waals surface area contributed by atoms with Crippen molar-refractivity contribution in [3.63, 3.8) is 0 Å². The van der Waals surface area contributed by atoms with Gasteiger partial charge in [-0.3, -0.25) is 15.0 Å². The Hall–Kier alpha value is -4.39. The maximum Gasteiger partial charge on any atom is 0.353 e. The Morgan fingerprint density at radius 2 is 1.42 bits per heavy atom. The number of anilines is 3. The fourth-order valence-corrected chi connectivity index (χ4v) is 6.95. The Morgan fingerprint density at radius 1 is 0.860 bits per heavy atom. The van der Waals surface area contributed by atoms with Crippen LogP contribution in [0.2, 0.25) is 0 Å². The zero-order chi connectivity index (χ0) is 30.4. The lowest BCUT2D eigenvalue weighted by molar-refractivity contribution is -0.383. The van der Waals surface area contributed by atoms with E-state index in [4.69, 9.17) is 0 Å². The topological polar surface area (TPSA) is 125 Å². The van der Waals surface area contributed by atoms with E-state index in [1.54, 1.807) is 26.0 Å². The lowest BCUT2D eigenvalue weighted by Gasteiger charge is -2.40. The Kier molecular flexibility index (Phi) is 9.29. The fourth-order valence-electron chi connectivity index (χ4n) is 5.50. The molecule has 0 bridgehead atoms. The molecule has 0 spiro atoms. The van der Waals surface area contributed by atoms with Gasteiger partial charge in [0.25, 0.3) is 0 Å². The number of rotatable bonds is 11. The number of nitrogens with one attached hydrogen (secondary N) is 1. The minimum absolute atomic E-state index is 0.0447. The molecule has 1 aliphatic rings. The number of nitro groups is 1. The number of benzene rings is 3. The third kappa shape index (κ3) is 6.51. The summed E-state index contributed by atoms with van der Waals surface area (Å²) in [6.45, 7) is 6.75. The Bertz CT molecular complexity index is 1590.